The molecule has 0 radical (unpaired) electrons. The zero-order valence-electron chi connectivity index (χ0n) is 18.1. The summed E-state index contributed by atoms with van der Waals surface area (Å²) in [7, 11) is 0. The fourth-order valence-corrected chi connectivity index (χ4v) is 5.65. The Labute approximate surface area is 162 Å². The molecule has 3 rings (SSSR count). The van der Waals surface area contributed by atoms with E-state index >= 15 is 0 Å². The minimum Gasteiger partial charge on any atom is -0.347 e. The van der Waals surface area contributed by atoms with Gasteiger partial charge in [-0.2, -0.15) is 0 Å². The molecular weight excluding hydrogens is 322 g/mol. The smallest absolute Gasteiger partial charge is 0.171 e. The van der Waals surface area contributed by atoms with E-state index in [9.17, 15) is 0 Å². The molecular formula is C23H43NO2. The van der Waals surface area contributed by atoms with Crippen LogP contribution in [0.4, 0.5) is 0 Å². The van der Waals surface area contributed by atoms with Gasteiger partial charge in [-0.25, -0.2) is 0 Å². The molecule has 4 unspecified atom stereocenters. The SMILES string of the molecule is CCN(CC1COC2(CCC(C(C)(C)CC)CC2C)O1)C1CCCCC1. The largest absolute Gasteiger partial charge is 0.347 e. The Bertz CT molecular complexity index is 445. The highest BCUT2D eigenvalue weighted by molar-refractivity contribution is 4.94. The van der Waals surface area contributed by atoms with E-state index in [1.165, 1.54) is 51.4 Å². The molecule has 0 aromatic rings. The zero-order valence-corrected chi connectivity index (χ0v) is 18.1. The first-order chi connectivity index (χ1) is 12.4. The summed E-state index contributed by atoms with van der Waals surface area (Å²) in [6.45, 7) is 14.8. The average Bonchev–Trinajstić information content (AvgIpc) is 3.06. The lowest BCUT2D eigenvalue weighted by molar-refractivity contribution is -0.229. The third-order valence-electron chi connectivity index (χ3n) is 8.06. The number of hydrogen-bond donors (Lipinski definition) is 0. The van der Waals surface area contributed by atoms with Gasteiger partial charge < -0.3 is 9.47 Å². The lowest BCUT2D eigenvalue weighted by Crippen LogP contribution is -2.47. The molecule has 0 aromatic carbocycles. The summed E-state index contributed by atoms with van der Waals surface area (Å²) in [5.41, 5.74) is 0.438. The molecule has 152 valence electrons. The van der Waals surface area contributed by atoms with Gasteiger partial charge in [-0.3, -0.25) is 4.90 Å². The summed E-state index contributed by atoms with van der Waals surface area (Å²) < 4.78 is 13.0. The molecule has 3 aliphatic rings. The molecule has 0 N–H and O–H groups in total. The van der Waals surface area contributed by atoms with Crippen molar-refractivity contribution in [2.45, 2.75) is 110 Å². The Morgan fingerprint density at radius 1 is 1.08 bits per heavy atom. The van der Waals surface area contributed by atoms with Crippen LogP contribution in [0.15, 0.2) is 0 Å². The molecule has 1 spiro atoms. The van der Waals surface area contributed by atoms with Gasteiger partial charge in [-0.15, -0.1) is 0 Å². The first-order valence-electron chi connectivity index (χ1n) is 11.5. The van der Waals surface area contributed by atoms with E-state index in [2.05, 4.69) is 39.5 Å². The molecule has 1 aliphatic heterocycles. The quantitative estimate of drug-likeness (QED) is 0.609. The Morgan fingerprint density at radius 3 is 2.42 bits per heavy atom. The van der Waals surface area contributed by atoms with Crippen molar-refractivity contribution in [3.8, 4) is 0 Å². The molecule has 0 aromatic heterocycles. The van der Waals surface area contributed by atoms with Gasteiger partial charge in [-0.1, -0.05) is 60.3 Å². The van der Waals surface area contributed by atoms with Crippen molar-refractivity contribution < 1.29 is 9.47 Å². The summed E-state index contributed by atoms with van der Waals surface area (Å²) in [4.78, 5) is 2.67. The van der Waals surface area contributed by atoms with Crippen LogP contribution in [0, 0.1) is 17.3 Å². The highest BCUT2D eigenvalue weighted by Crippen LogP contribution is 2.49. The molecule has 0 amide bonds. The molecule has 1 saturated heterocycles. The maximum Gasteiger partial charge on any atom is 0.171 e. The Balaban J connectivity index is 1.56. The second-order valence-corrected chi connectivity index (χ2v) is 9.96. The molecule has 2 saturated carbocycles. The van der Waals surface area contributed by atoms with Crippen LogP contribution in [-0.2, 0) is 9.47 Å². The van der Waals surface area contributed by atoms with Crippen LogP contribution >= 0.6 is 0 Å². The lowest BCUT2D eigenvalue weighted by atomic mass is 9.65. The van der Waals surface area contributed by atoms with E-state index in [0.717, 1.165) is 38.1 Å². The van der Waals surface area contributed by atoms with Gasteiger partial charge >= 0.3 is 0 Å². The van der Waals surface area contributed by atoms with Gasteiger partial charge in [0.05, 0.1) is 12.7 Å². The van der Waals surface area contributed by atoms with Crippen LogP contribution < -0.4 is 0 Å². The van der Waals surface area contributed by atoms with Gasteiger partial charge in [0.1, 0.15) is 0 Å². The van der Waals surface area contributed by atoms with Gasteiger partial charge in [0.15, 0.2) is 5.79 Å². The van der Waals surface area contributed by atoms with Crippen LogP contribution in [0.5, 0.6) is 0 Å². The first-order valence-corrected chi connectivity index (χ1v) is 11.5. The predicted octanol–water partition coefficient (Wildman–Crippen LogP) is 5.63. The summed E-state index contributed by atoms with van der Waals surface area (Å²) in [5.74, 6) is 1.01. The van der Waals surface area contributed by atoms with Crippen LogP contribution in [0.1, 0.15) is 92.4 Å². The molecule has 3 heteroatoms. The first kappa shape index (κ1) is 20.6. The maximum absolute atomic E-state index is 6.66. The van der Waals surface area contributed by atoms with Gasteiger partial charge in [0, 0.05) is 24.9 Å². The van der Waals surface area contributed by atoms with Crippen molar-refractivity contribution in [1.82, 2.24) is 4.90 Å². The number of hydrogen-bond acceptors (Lipinski definition) is 3. The molecule has 4 atom stereocenters. The molecule has 0 bridgehead atoms. The Hall–Kier alpha value is -0.120. The molecule has 2 aliphatic carbocycles. The van der Waals surface area contributed by atoms with Crippen molar-refractivity contribution in [3.63, 3.8) is 0 Å². The van der Waals surface area contributed by atoms with E-state index in [4.69, 9.17) is 9.47 Å². The van der Waals surface area contributed by atoms with Crippen molar-refractivity contribution >= 4 is 0 Å². The third-order valence-corrected chi connectivity index (χ3v) is 8.06. The standard InChI is InChI=1S/C23H43NO2/c1-6-22(4,5)19-13-14-23(18(3)15-19)25-17-21(26-23)16-24(7-2)20-11-9-8-10-12-20/h18-21H,6-17H2,1-5H3. The monoisotopic (exact) mass is 365 g/mol. The average molecular weight is 366 g/mol. The normalized spacial score (nSPS) is 36.9. The van der Waals surface area contributed by atoms with E-state index in [1.807, 2.05) is 0 Å². The molecule has 26 heavy (non-hydrogen) atoms. The minimum absolute atomic E-state index is 0.259. The predicted molar refractivity (Wildman–Crippen MR) is 108 cm³/mol. The van der Waals surface area contributed by atoms with Crippen LogP contribution in [0.3, 0.4) is 0 Å². The van der Waals surface area contributed by atoms with E-state index in [1.54, 1.807) is 0 Å². The topological polar surface area (TPSA) is 21.7 Å². The fourth-order valence-electron chi connectivity index (χ4n) is 5.65. The van der Waals surface area contributed by atoms with Crippen molar-refractivity contribution in [3.05, 3.63) is 0 Å². The number of nitrogens with zero attached hydrogens (tertiary/aromatic N) is 1. The van der Waals surface area contributed by atoms with Crippen LogP contribution in [0.25, 0.3) is 0 Å². The van der Waals surface area contributed by atoms with Gasteiger partial charge in [0.2, 0.25) is 0 Å². The zero-order chi connectivity index (χ0) is 18.8. The Morgan fingerprint density at radius 2 is 1.81 bits per heavy atom. The molecule has 3 fully saturated rings. The summed E-state index contributed by atoms with van der Waals surface area (Å²) >= 11 is 0. The van der Waals surface area contributed by atoms with Crippen LogP contribution in [-0.4, -0.2) is 42.5 Å². The molecule has 1 heterocycles. The van der Waals surface area contributed by atoms with Gasteiger partial charge in [0.25, 0.3) is 0 Å². The maximum atomic E-state index is 6.66. The number of rotatable bonds is 6. The second kappa shape index (κ2) is 8.49. The van der Waals surface area contributed by atoms with E-state index < -0.39 is 0 Å². The number of likely N-dealkylation sites (N-methyl/N-ethyl adjacent to an activating group) is 1. The Kier molecular flexibility index (Phi) is 6.73. The fraction of sp³-hybridized carbons (Fsp3) is 1.00. The number of ether oxygens (including phenoxy) is 2. The third kappa shape index (κ3) is 4.31. The highest BCUT2D eigenvalue weighted by Gasteiger charge is 2.51. The van der Waals surface area contributed by atoms with Crippen molar-refractivity contribution in [2.75, 3.05) is 19.7 Å². The second-order valence-electron chi connectivity index (χ2n) is 9.96. The van der Waals surface area contributed by atoms with E-state index in [-0.39, 0.29) is 11.9 Å². The van der Waals surface area contributed by atoms with Gasteiger partial charge in [-0.05, 0) is 43.6 Å². The summed E-state index contributed by atoms with van der Waals surface area (Å²) in [6.07, 6.45) is 12.1. The minimum atomic E-state index is -0.295. The summed E-state index contributed by atoms with van der Waals surface area (Å²) in [5, 5.41) is 0. The lowest BCUT2D eigenvalue weighted by Gasteiger charge is -2.46. The highest BCUT2D eigenvalue weighted by atomic mass is 16.7. The van der Waals surface area contributed by atoms with Crippen molar-refractivity contribution in [1.29, 1.82) is 0 Å². The summed E-state index contributed by atoms with van der Waals surface area (Å²) in [6, 6.07) is 0.771. The van der Waals surface area contributed by atoms with E-state index in [0.29, 0.717) is 11.3 Å². The van der Waals surface area contributed by atoms with Crippen molar-refractivity contribution in [2.24, 2.45) is 17.3 Å². The van der Waals surface area contributed by atoms with Crippen LogP contribution in [0.2, 0.25) is 0 Å². The molecule has 3 nitrogen and oxygen atoms in total.